The molecule has 82 valence electrons. The number of rotatable bonds is 3. The number of aromatic amines is 1. The number of nitrogens with one attached hydrogen (secondary N) is 2. The Morgan fingerprint density at radius 2 is 2.60 bits per heavy atom. The molecule has 0 amide bonds. The van der Waals surface area contributed by atoms with Crippen LogP contribution in [-0.4, -0.2) is 27.5 Å². The van der Waals surface area contributed by atoms with Crippen LogP contribution in [0.25, 0.3) is 0 Å². The van der Waals surface area contributed by atoms with Gasteiger partial charge in [0.05, 0.1) is 6.33 Å². The van der Waals surface area contributed by atoms with Gasteiger partial charge in [0.1, 0.15) is 9.39 Å². The molecule has 1 aliphatic rings. The summed E-state index contributed by atoms with van der Waals surface area (Å²) in [5.74, 6) is 1.96. The molecule has 1 saturated heterocycles. The molecule has 0 bridgehead atoms. The Morgan fingerprint density at radius 3 is 3.33 bits per heavy atom. The highest BCUT2D eigenvalue weighted by Crippen LogP contribution is 2.26. The van der Waals surface area contributed by atoms with Gasteiger partial charge >= 0.3 is 0 Å². The Balaban J connectivity index is 1.98. The van der Waals surface area contributed by atoms with Crippen LogP contribution in [0.4, 0.5) is 5.82 Å². The number of anilines is 1. The van der Waals surface area contributed by atoms with Crippen LogP contribution in [-0.2, 0) is 0 Å². The minimum atomic E-state index is -0.0767. The average molecular weight is 337 g/mol. The lowest BCUT2D eigenvalue weighted by Gasteiger charge is -2.10. The maximum atomic E-state index is 11.3. The third-order valence-electron chi connectivity index (χ3n) is 2.32. The first-order chi connectivity index (χ1) is 7.27. The van der Waals surface area contributed by atoms with Crippen LogP contribution < -0.4 is 10.9 Å². The van der Waals surface area contributed by atoms with Gasteiger partial charge in [0.15, 0.2) is 0 Å². The molecule has 1 aromatic heterocycles. The van der Waals surface area contributed by atoms with E-state index < -0.39 is 0 Å². The lowest BCUT2D eigenvalue weighted by Crippen LogP contribution is -2.19. The van der Waals surface area contributed by atoms with Crippen LogP contribution >= 0.6 is 34.4 Å². The molecule has 6 heteroatoms. The molecule has 1 unspecified atom stereocenters. The van der Waals surface area contributed by atoms with Gasteiger partial charge in [-0.15, -0.1) is 0 Å². The van der Waals surface area contributed by atoms with E-state index in [2.05, 4.69) is 15.3 Å². The van der Waals surface area contributed by atoms with Gasteiger partial charge in [-0.3, -0.25) is 4.79 Å². The monoisotopic (exact) mass is 337 g/mol. The van der Waals surface area contributed by atoms with Crippen molar-refractivity contribution >= 4 is 40.2 Å². The van der Waals surface area contributed by atoms with E-state index in [1.807, 2.05) is 34.4 Å². The van der Waals surface area contributed by atoms with E-state index in [9.17, 15) is 4.79 Å². The molecular weight excluding hydrogens is 325 g/mol. The summed E-state index contributed by atoms with van der Waals surface area (Å²) >= 11 is 4.01. The van der Waals surface area contributed by atoms with Crippen molar-refractivity contribution in [1.82, 2.24) is 9.97 Å². The van der Waals surface area contributed by atoms with Crippen molar-refractivity contribution in [3.05, 3.63) is 20.3 Å². The Kier molecular flexibility index (Phi) is 3.90. The Bertz CT molecular complexity index is 389. The molecule has 1 atom stereocenters. The SMILES string of the molecule is O=c1[nH]cnc(NCC2CCCS2)c1I. The highest BCUT2D eigenvalue weighted by molar-refractivity contribution is 14.1. The largest absolute Gasteiger partial charge is 0.368 e. The minimum absolute atomic E-state index is 0.0767. The molecule has 0 aromatic carbocycles. The Morgan fingerprint density at radius 1 is 1.73 bits per heavy atom. The van der Waals surface area contributed by atoms with Crippen molar-refractivity contribution in [2.24, 2.45) is 0 Å². The van der Waals surface area contributed by atoms with Crippen molar-refractivity contribution in [1.29, 1.82) is 0 Å². The minimum Gasteiger partial charge on any atom is -0.368 e. The summed E-state index contributed by atoms with van der Waals surface area (Å²) in [7, 11) is 0. The quantitative estimate of drug-likeness (QED) is 0.824. The van der Waals surface area contributed by atoms with Crippen LogP contribution in [0.2, 0.25) is 0 Å². The highest BCUT2D eigenvalue weighted by atomic mass is 127. The van der Waals surface area contributed by atoms with Crippen molar-refractivity contribution in [3.8, 4) is 0 Å². The molecule has 2 heterocycles. The van der Waals surface area contributed by atoms with Crippen molar-refractivity contribution in [3.63, 3.8) is 0 Å². The molecule has 15 heavy (non-hydrogen) atoms. The summed E-state index contributed by atoms with van der Waals surface area (Å²) in [4.78, 5) is 18.0. The molecular formula is C9H12IN3OS. The summed E-state index contributed by atoms with van der Waals surface area (Å²) in [6.45, 7) is 0.900. The molecule has 0 spiro atoms. The van der Waals surface area contributed by atoms with E-state index in [4.69, 9.17) is 0 Å². The molecule has 1 aromatic rings. The van der Waals surface area contributed by atoms with E-state index in [-0.39, 0.29) is 5.56 Å². The normalized spacial score (nSPS) is 20.5. The number of hydrogen-bond acceptors (Lipinski definition) is 4. The van der Waals surface area contributed by atoms with E-state index in [0.29, 0.717) is 14.6 Å². The van der Waals surface area contributed by atoms with Crippen molar-refractivity contribution in [2.75, 3.05) is 17.6 Å². The van der Waals surface area contributed by atoms with Gasteiger partial charge in [0.25, 0.3) is 5.56 Å². The molecule has 2 N–H and O–H groups in total. The summed E-state index contributed by atoms with van der Waals surface area (Å²) < 4.78 is 0.637. The predicted molar refractivity (Wildman–Crippen MR) is 71.5 cm³/mol. The molecule has 0 radical (unpaired) electrons. The third-order valence-corrected chi connectivity index (χ3v) is 4.72. The second-order valence-corrected chi connectivity index (χ2v) is 5.90. The van der Waals surface area contributed by atoms with Gasteiger partial charge in [-0.2, -0.15) is 11.8 Å². The summed E-state index contributed by atoms with van der Waals surface area (Å²) in [5, 5.41) is 3.90. The van der Waals surface area contributed by atoms with Gasteiger partial charge in [-0.25, -0.2) is 4.98 Å². The van der Waals surface area contributed by atoms with Gasteiger partial charge in [0.2, 0.25) is 0 Å². The molecule has 2 rings (SSSR count). The second kappa shape index (κ2) is 5.20. The van der Waals surface area contributed by atoms with Gasteiger partial charge in [0, 0.05) is 11.8 Å². The number of nitrogens with zero attached hydrogens (tertiary/aromatic N) is 1. The highest BCUT2D eigenvalue weighted by Gasteiger charge is 2.15. The molecule has 1 aliphatic heterocycles. The zero-order valence-corrected chi connectivity index (χ0v) is 11.1. The number of H-pyrrole nitrogens is 1. The lowest BCUT2D eigenvalue weighted by atomic mass is 10.2. The van der Waals surface area contributed by atoms with Gasteiger partial charge < -0.3 is 10.3 Å². The zero-order valence-electron chi connectivity index (χ0n) is 8.12. The van der Waals surface area contributed by atoms with Gasteiger partial charge in [-0.05, 0) is 41.2 Å². The molecule has 0 aliphatic carbocycles. The molecule has 0 saturated carbocycles. The average Bonchev–Trinajstić information content (AvgIpc) is 2.73. The number of halogens is 1. The smallest absolute Gasteiger partial charge is 0.266 e. The second-order valence-electron chi connectivity index (χ2n) is 3.41. The van der Waals surface area contributed by atoms with Crippen molar-refractivity contribution in [2.45, 2.75) is 18.1 Å². The molecule has 4 nitrogen and oxygen atoms in total. The van der Waals surface area contributed by atoms with Crippen LogP contribution in [0.15, 0.2) is 11.1 Å². The predicted octanol–water partition coefficient (Wildman–Crippen LogP) is 1.68. The fourth-order valence-corrected chi connectivity index (χ4v) is 3.21. The maximum Gasteiger partial charge on any atom is 0.266 e. The fourth-order valence-electron chi connectivity index (χ4n) is 1.52. The third kappa shape index (κ3) is 2.87. The fraction of sp³-hybridized carbons (Fsp3) is 0.556. The summed E-state index contributed by atoms with van der Waals surface area (Å²) in [6, 6.07) is 0. The number of aromatic nitrogens is 2. The summed E-state index contributed by atoms with van der Waals surface area (Å²) in [5.41, 5.74) is -0.0767. The first-order valence-electron chi connectivity index (χ1n) is 4.86. The van der Waals surface area contributed by atoms with E-state index in [1.54, 1.807) is 0 Å². The first kappa shape index (κ1) is 11.3. The van der Waals surface area contributed by atoms with Gasteiger partial charge in [-0.1, -0.05) is 0 Å². The van der Waals surface area contributed by atoms with Crippen LogP contribution in [0, 0.1) is 3.57 Å². The van der Waals surface area contributed by atoms with Crippen molar-refractivity contribution < 1.29 is 0 Å². The zero-order chi connectivity index (χ0) is 10.7. The Labute approximate surface area is 106 Å². The Hall–Kier alpha value is -0.240. The van der Waals surface area contributed by atoms with E-state index >= 15 is 0 Å². The maximum absolute atomic E-state index is 11.3. The number of hydrogen-bond donors (Lipinski definition) is 2. The van der Waals surface area contributed by atoms with Crippen LogP contribution in [0.3, 0.4) is 0 Å². The number of thioether (sulfide) groups is 1. The van der Waals surface area contributed by atoms with E-state index in [1.165, 1.54) is 24.9 Å². The van der Waals surface area contributed by atoms with E-state index in [0.717, 1.165) is 6.54 Å². The lowest BCUT2D eigenvalue weighted by molar-refractivity contribution is 0.802. The summed E-state index contributed by atoms with van der Waals surface area (Å²) in [6.07, 6.45) is 4.00. The standard InChI is InChI=1S/C9H12IN3OS/c10-7-8(12-5-13-9(7)14)11-4-6-2-1-3-15-6/h5-6H,1-4H2,(H2,11,12,13,14). The topological polar surface area (TPSA) is 57.8 Å². The van der Waals surface area contributed by atoms with Crippen LogP contribution in [0.5, 0.6) is 0 Å². The van der Waals surface area contributed by atoms with Crippen LogP contribution in [0.1, 0.15) is 12.8 Å². The first-order valence-corrected chi connectivity index (χ1v) is 6.99. The molecule has 1 fully saturated rings.